The highest BCUT2D eigenvalue weighted by molar-refractivity contribution is 7.11. The van der Waals surface area contributed by atoms with Gasteiger partial charge in [0.15, 0.2) is 0 Å². The third kappa shape index (κ3) is 3.56. The number of hydrogen-bond donors (Lipinski definition) is 1. The summed E-state index contributed by atoms with van der Waals surface area (Å²) >= 11 is 7.39. The van der Waals surface area contributed by atoms with Gasteiger partial charge in [0.25, 0.3) is 5.91 Å². The molecule has 0 radical (unpaired) electrons. The predicted molar refractivity (Wildman–Crippen MR) is 77.4 cm³/mol. The Morgan fingerprint density at radius 1 is 1.47 bits per heavy atom. The molecule has 0 saturated heterocycles. The number of carbonyl (C=O) groups excluding carboxylic acids is 1. The second-order valence-corrected chi connectivity index (χ2v) is 4.97. The third-order valence-electron chi connectivity index (χ3n) is 2.31. The Bertz CT molecular complexity index is 597. The normalized spacial score (nSPS) is 10.6. The van der Waals surface area contributed by atoms with Crippen LogP contribution in [0.1, 0.15) is 15.2 Å². The fourth-order valence-corrected chi connectivity index (χ4v) is 2.19. The summed E-state index contributed by atoms with van der Waals surface area (Å²) in [6, 6.07) is 8.65. The number of methoxy groups -OCH3 is 1. The Balaban J connectivity index is 2.09. The summed E-state index contributed by atoms with van der Waals surface area (Å²) < 4.78 is 5.10. The lowest BCUT2D eigenvalue weighted by Gasteiger charge is -2.06. The molecule has 0 aliphatic carbocycles. The van der Waals surface area contributed by atoms with E-state index in [4.69, 9.17) is 16.3 Å². The van der Waals surface area contributed by atoms with Crippen LogP contribution in [-0.2, 0) is 0 Å². The fourth-order valence-electron chi connectivity index (χ4n) is 1.44. The molecule has 1 heterocycles. The van der Waals surface area contributed by atoms with Gasteiger partial charge in [-0.05, 0) is 29.6 Å². The second kappa shape index (κ2) is 6.36. The minimum Gasteiger partial charge on any atom is -0.496 e. The van der Waals surface area contributed by atoms with E-state index in [2.05, 4.69) is 10.5 Å². The predicted octanol–water partition coefficient (Wildman–Crippen LogP) is 3.17. The minimum atomic E-state index is -0.368. The lowest BCUT2D eigenvalue weighted by molar-refractivity contribution is 0.0952. The van der Waals surface area contributed by atoms with Gasteiger partial charge in [-0.1, -0.05) is 17.7 Å². The quantitative estimate of drug-likeness (QED) is 0.695. The molecule has 0 atom stereocenters. The van der Waals surface area contributed by atoms with Crippen LogP contribution in [0.25, 0.3) is 0 Å². The van der Waals surface area contributed by atoms with Crippen LogP contribution < -0.4 is 10.2 Å². The van der Waals surface area contributed by atoms with Crippen LogP contribution in [0.5, 0.6) is 5.75 Å². The average Bonchev–Trinajstić information content (AvgIpc) is 2.91. The van der Waals surface area contributed by atoms with Crippen molar-refractivity contribution in [3.63, 3.8) is 0 Å². The molecule has 2 aromatic rings. The molecule has 0 bridgehead atoms. The van der Waals surface area contributed by atoms with Gasteiger partial charge in [-0.2, -0.15) is 5.10 Å². The summed E-state index contributed by atoms with van der Waals surface area (Å²) in [4.78, 5) is 12.9. The molecule has 1 amide bonds. The molecule has 0 aliphatic heterocycles. The van der Waals surface area contributed by atoms with Crippen molar-refractivity contribution in [2.45, 2.75) is 0 Å². The molecule has 1 N–H and O–H groups in total. The number of nitrogens with one attached hydrogen (secondary N) is 1. The number of hydrogen-bond acceptors (Lipinski definition) is 4. The highest BCUT2D eigenvalue weighted by Gasteiger charge is 2.11. The van der Waals surface area contributed by atoms with Gasteiger partial charge in [0.05, 0.1) is 18.9 Å². The summed E-state index contributed by atoms with van der Waals surface area (Å²) in [5, 5.41) is 6.28. The number of amides is 1. The van der Waals surface area contributed by atoms with Crippen LogP contribution in [0.2, 0.25) is 5.02 Å². The lowest BCUT2D eigenvalue weighted by Crippen LogP contribution is -2.18. The van der Waals surface area contributed by atoms with E-state index in [9.17, 15) is 4.79 Å². The molecule has 4 nitrogen and oxygen atoms in total. The summed E-state index contributed by atoms with van der Waals surface area (Å²) in [6.45, 7) is 0. The Hall–Kier alpha value is -1.85. The van der Waals surface area contributed by atoms with Gasteiger partial charge in [0.2, 0.25) is 0 Å². The van der Waals surface area contributed by atoms with Crippen molar-refractivity contribution in [3.05, 3.63) is 51.2 Å². The molecular formula is C13H11ClN2O2S. The van der Waals surface area contributed by atoms with Crippen molar-refractivity contribution < 1.29 is 9.53 Å². The summed E-state index contributed by atoms with van der Waals surface area (Å²) in [7, 11) is 1.49. The number of thiophene rings is 1. The Kier molecular flexibility index (Phi) is 4.54. The van der Waals surface area contributed by atoms with E-state index in [1.807, 2.05) is 17.5 Å². The highest BCUT2D eigenvalue weighted by atomic mass is 35.5. The molecule has 98 valence electrons. The van der Waals surface area contributed by atoms with E-state index in [0.717, 1.165) is 4.88 Å². The van der Waals surface area contributed by atoms with E-state index in [-0.39, 0.29) is 5.91 Å². The number of benzene rings is 1. The third-order valence-corrected chi connectivity index (χ3v) is 3.35. The van der Waals surface area contributed by atoms with Crippen LogP contribution in [0.15, 0.2) is 40.8 Å². The van der Waals surface area contributed by atoms with E-state index >= 15 is 0 Å². The Morgan fingerprint density at radius 3 is 3.00 bits per heavy atom. The molecule has 1 aromatic carbocycles. The van der Waals surface area contributed by atoms with Gasteiger partial charge in [-0.3, -0.25) is 4.79 Å². The smallest absolute Gasteiger partial charge is 0.275 e. The first-order valence-electron chi connectivity index (χ1n) is 5.41. The molecular weight excluding hydrogens is 284 g/mol. The first-order chi connectivity index (χ1) is 9.20. The fraction of sp³-hybridized carbons (Fsp3) is 0.0769. The molecule has 6 heteroatoms. The van der Waals surface area contributed by atoms with Crippen LogP contribution in [-0.4, -0.2) is 19.2 Å². The summed E-state index contributed by atoms with van der Waals surface area (Å²) in [6.07, 6.45) is 1.58. The van der Waals surface area contributed by atoms with E-state index in [0.29, 0.717) is 16.3 Å². The van der Waals surface area contributed by atoms with Gasteiger partial charge in [0, 0.05) is 9.90 Å². The van der Waals surface area contributed by atoms with Crippen molar-refractivity contribution >= 4 is 35.1 Å². The zero-order valence-electron chi connectivity index (χ0n) is 10.1. The first-order valence-corrected chi connectivity index (χ1v) is 6.67. The number of rotatable bonds is 4. The highest BCUT2D eigenvalue weighted by Crippen LogP contribution is 2.22. The summed E-state index contributed by atoms with van der Waals surface area (Å²) in [5.74, 6) is 0.0837. The molecule has 1 aromatic heterocycles. The standard InChI is InChI=1S/C13H11ClN2O2S/c1-18-12-5-4-9(14)7-11(12)13(17)16-15-8-10-3-2-6-19-10/h2-8H,1H3,(H,16,17)/b15-8-. The van der Waals surface area contributed by atoms with Crippen molar-refractivity contribution in [1.29, 1.82) is 0 Å². The zero-order valence-corrected chi connectivity index (χ0v) is 11.7. The van der Waals surface area contributed by atoms with Gasteiger partial charge in [-0.25, -0.2) is 5.43 Å². The number of carbonyl (C=O) groups is 1. The van der Waals surface area contributed by atoms with Crippen LogP contribution >= 0.6 is 22.9 Å². The number of nitrogens with zero attached hydrogens (tertiary/aromatic N) is 1. The molecule has 0 unspecified atom stereocenters. The largest absolute Gasteiger partial charge is 0.496 e. The summed E-state index contributed by atoms with van der Waals surface area (Å²) in [5.41, 5.74) is 2.78. The van der Waals surface area contributed by atoms with E-state index in [1.165, 1.54) is 24.5 Å². The maximum absolute atomic E-state index is 11.9. The van der Waals surface area contributed by atoms with Crippen LogP contribution in [0.4, 0.5) is 0 Å². The topological polar surface area (TPSA) is 50.7 Å². The van der Waals surface area contributed by atoms with Crippen molar-refractivity contribution in [3.8, 4) is 5.75 Å². The minimum absolute atomic E-state index is 0.346. The number of hydrazone groups is 1. The Morgan fingerprint density at radius 2 is 2.32 bits per heavy atom. The maximum atomic E-state index is 11.9. The molecule has 0 fully saturated rings. The first kappa shape index (κ1) is 13.6. The number of ether oxygens (including phenoxy) is 1. The molecule has 19 heavy (non-hydrogen) atoms. The van der Waals surface area contributed by atoms with Crippen molar-refractivity contribution in [2.24, 2.45) is 5.10 Å². The maximum Gasteiger partial charge on any atom is 0.275 e. The lowest BCUT2D eigenvalue weighted by atomic mass is 10.2. The monoisotopic (exact) mass is 294 g/mol. The second-order valence-electron chi connectivity index (χ2n) is 3.56. The van der Waals surface area contributed by atoms with Crippen LogP contribution in [0.3, 0.4) is 0 Å². The van der Waals surface area contributed by atoms with Crippen molar-refractivity contribution in [2.75, 3.05) is 7.11 Å². The SMILES string of the molecule is COc1ccc(Cl)cc1C(=O)N/N=C\c1cccs1. The van der Waals surface area contributed by atoms with Gasteiger partial charge in [0.1, 0.15) is 5.75 Å². The Labute approximate surface area is 119 Å². The molecule has 0 spiro atoms. The van der Waals surface area contributed by atoms with Gasteiger partial charge >= 0.3 is 0 Å². The molecule has 0 aliphatic rings. The van der Waals surface area contributed by atoms with Crippen LogP contribution in [0, 0.1) is 0 Å². The zero-order chi connectivity index (χ0) is 13.7. The van der Waals surface area contributed by atoms with E-state index in [1.54, 1.807) is 18.3 Å². The van der Waals surface area contributed by atoms with Gasteiger partial charge in [-0.15, -0.1) is 11.3 Å². The molecule has 0 saturated carbocycles. The average molecular weight is 295 g/mol. The van der Waals surface area contributed by atoms with E-state index < -0.39 is 0 Å². The van der Waals surface area contributed by atoms with Gasteiger partial charge < -0.3 is 4.74 Å². The van der Waals surface area contributed by atoms with Crippen molar-refractivity contribution in [1.82, 2.24) is 5.43 Å². The number of halogens is 1. The molecule has 2 rings (SSSR count).